The SMILES string of the molecule is CC(Nc1nccc(-c2cnccn2)n1)C1CCCNC1. The van der Waals surface area contributed by atoms with Gasteiger partial charge < -0.3 is 10.6 Å². The molecule has 6 nitrogen and oxygen atoms in total. The number of hydrogen-bond donors (Lipinski definition) is 2. The summed E-state index contributed by atoms with van der Waals surface area (Å²) in [6, 6.07) is 2.19. The van der Waals surface area contributed by atoms with Crippen LogP contribution in [0.2, 0.25) is 0 Å². The van der Waals surface area contributed by atoms with Crippen LogP contribution < -0.4 is 10.6 Å². The van der Waals surface area contributed by atoms with Crippen molar-refractivity contribution in [1.29, 1.82) is 0 Å². The first kappa shape index (κ1) is 13.9. The minimum Gasteiger partial charge on any atom is -0.351 e. The molecule has 0 aromatic carbocycles. The molecule has 1 saturated heterocycles. The van der Waals surface area contributed by atoms with E-state index in [1.165, 1.54) is 12.8 Å². The topological polar surface area (TPSA) is 75.6 Å². The fourth-order valence-electron chi connectivity index (χ4n) is 2.63. The third-order valence-corrected chi connectivity index (χ3v) is 3.88. The van der Waals surface area contributed by atoms with Crippen LogP contribution in [0.25, 0.3) is 11.4 Å². The number of rotatable bonds is 4. The highest BCUT2D eigenvalue weighted by molar-refractivity contribution is 5.53. The van der Waals surface area contributed by atoms with Gasteiger partial charge in [-0.3, -0.25) is 9.97 Å². The summed E-state index contributed by atoms with van der Waals surface area (Å²) in [5, 5.41) is 6.85. The van der Waals surface area contributed by atoms with Gasteiger partial charge in [0.05, 0.1) is 11.9 Å². The average molecular weight is 284 g/mol. The zero-order valence-electron chi connectivity index (χ0n) is 12.2. The summed E-state index contributed by atoms with van der Waals surface area (Å²) >= 11 is 0. The molecule has 2 aromatic heterocycles. The Balaban J connectivity index is 1.71. The molecular formula is C15H20N6. The Morgan fingerprint density at radius 1 is 1.24 bits per heavy atom. The standard InChI is InChI=1S/C15H20N6/c1-11(12-3-2-5-16-9-12)20-15-19-6-4-13(21-15)14-10-17-7-8-18-14/h4,6-8,10-12,16H,2-3,5,9H2,1H3,(H,19,20,21). The monoisotopic (exact) mass is 284 g/mol. The van der Waals surface area contributed by atoms with E-state index in [0.717, 1.165) is 24.5 Å². The van der Waals surface area contributed by atoms with Gasteiger partial charge in [-0.15, -0.1) is 0 Å². The molecule has 3 heterocycles. The van der Waals surface area contributed by atoms with Crippen LogP contribution in [-0.2, 0) is 0 Å². The molecule has 0 spiro atoms. The van der Waals surface area contributed by atoms with Gasteiger partial charge in [0.1, 0.15) is 5.69 Å². The van der Waals surface area contributed by atoms with Gasteiger partial charge in [0.25, 0.3) is 0 Å². The van der Waals surface area contributed by atoms with E-state index < -0.39 is 0 Å². The minimum absolute atomic E-state index is 0.343. The molecule has 1 aliphatic rings. The smallest absolute Gasteiger partial charge is 0.223 e. The van der Waals surface area contributed by atoms with Gasteiger partial charge in [-0.25, -0.2) is 9.97 Å². The van der Waals surface area contributed by atoms with Crippen molar-refractivity contribution in [2.24, 2.45) is 5.92 Å². The maximum absolute atomic E-state index is 4.53. The van der Waals surface area contributed by atoms with E-state index in [1.54, 1.807) is 24.8 Å². The van der Waals surface area contributed by atoms with Crippen LogP contribution in [0.4, 0.5) is 5.95 Å². The normalized spacial score (nSPS) is 20.0. The number of hydrogen-bond acceptors (Lipinski definition) is 6. The molecule has 2 aromatic rings. The van der Waals surface area contributed by atoms with Crippen LogP contribution in [0.15, 0.2) is 30.9 Å². The molecule has 21 heavy (non-hydrogen) atoms. The second-order valence-corrected chi connectivity index (χ2v) is 5.40. The Morgan fingerprint density at radius 2 is 2.19 bits per heavy atom. The molecule has 0 saturated carbocycles. The Bertz CT molecular complexity index is 567. The van der Waals surface area contributed by atoms with Crippen LogP contribution in [0, 0.1) is 5.92 Å². The van der Waals surface area contributed by atoms with Gasteiger partial charge in [0, 0.05) is 24.6 Å². The van der Waals surface area contributed by atoms with E-state index in [9.17, 15) is 0 Å². The van der Waals surface area contributed by atoms with Gasteiger partial charge in [-0.2, -0.15) is 0 Å². The Kier molecular flexibility index (Phi) is 4.35. The molecule has 1 aliphatic heterocycles. The molecule has 0 aliphatic carbocycles. The number of piperidine rings is 1. The van der Waals surface area contributed by atoms with Gasteiger partial charge in [-0.1, -0.05) is 0 Å². The molecule has 110 valence electrons. The molecule has 6 heteroatoms. The Hall–Kier alpha value is -2.08. The van der Waals surface area contributed by atoms with Crippen molar-refractivity contribution in [3.8, 4) is 11.4 Å². The highest BCUT2D eigenvalue weighted by Crippen LogP contribution is 2.18. The largest absolute Gasteiger partial charge is 0.351 e. The van der Waals surface area contributed by atoms with Crippen molar-refractivity contribution >= 4 is 5.95 Å². The van der Waals surface area contributed by atoms with Gasteiger partial charge in [0.15, 0.2) is 0 Å². The summed E-state index contributed by atoms with van der Waals surface area (Å²) in [5.41, 5.74) is 1.55. The lowest BCUT2D eigenvalue weighted by Gasteiger charge is -2.28. The van der Waals surface area contributed by atoms with Crippen molar-refractivity contribution in [3.63, 3.8) is 0 Å². The molecular weight excluding hydrogens is 264 g/mol. The molecule has 2 atom stereocenters. The first-order chi connectivity index (χ1) is 10.3. The summed E-state index contributed by atoms with van der Waals surface area (Å²) < 4.78 is 0. The maximum Gasteiger partial charge on any atom is 0.223 e. The van der Waals surface area contributed by atoms with Crippen molar-refractivity contribution in [2.45, 2.75) is 25.8 Å². The highest BCUT2D eigenvalue weighted by atomic mass is 15.1. The van der Waals surface area contributed by atoms with E-state index in [0.29, 0.717) is 17.9 Å². The average Bonchev–Trinajstić information content (AvgIpc) is 2.57. The van der Waals surface area contributed by atoms with Crippen LogP contribution in [-0.4, -0.2) is 39.1 Å². The van der Waals surface area contributed by atoms with Crippen molar-refractivity contribution in [2.75, 3.05) is 18.4 Å². The molecule has 1 fully saturated rings. The lowest BCUT2D eigenvalue weighted by molar-refractivity contribution is 0.346. The van der Waals surface area contributed by atoms with E-state index in [-0.39, 0.29) is 0 Å². The van der Waals surface area contributed by atoms with E-state index in [2.05, 4.69) is 37.5 Å². The summed E-state index contributed by atoms with van der Waals surface area (Å²) in [4.78, 5) is 17.2. The number of nitrogens with one attached hydrogen (secondary N) is 2. The summed E-state index contributed by atoms with van der Waals surface area (Å²) in [6.07, 6.45) is 9.26. The van der Waals surface area contributed by atoms with Gasteiger partial charge in [0.2, 0.25) is 5.95 Å². The van der Waals surface area contributed by atoms with Crippen molar-refractivity contribution in [1.82, 2.24) is 25.3 Å². The van der Waals surface area contributed by atoms with Gasteiger partial charge in [-0.05, 0) is 44.8 Å². The lowest BCUT2D eigenvalue weighted by Crippen LogP contribution is -2.39. The number of aromatic nitrogens is 4. The quantitative estimate of drug-likeness (QED) is 0.890. The number of anilines is 1. The third-order valence-electron chi connectivity index (χ3n) is 3.88. The molecule has 2 unspecified atom stereocenters. The fraction of sp³-hybridized carbons (Fsp3) is 0.467. The maximum atomic E-state index is 4.53. The molecule has 2 N–H and O–H groups in total. The second-order valence-electron chi connectivity index (χ2n) is 5.40. The zero-order chi connectivity index (χ0) is 14.5. The summed E-state index contributed by atoms with van der Waals surface area (Å²) in [7, 11) is 0. The van der Waals surface area contributed by atoms with E-state index >= 15 is 0 Å². The first-order valence-corrected chi connectivity index (χ1v) is 7.39. The molecule has 0 radical (unpaired) electrons. The van der Waals surface area contributed by atoms with Gasteiger partial charge >= 0.3 is 0 Å². The lowest BCUT2D eigenvalue weighted by atomic mass is 9.93. The molecule has 0 bridgehead atoms. The predicted molar refractivity (Wildman–Crippen MR) is 81.7 cm³/mol. The minimum atomic E-state index is 0.343. The van der Waals surface area contributed by atoms with E-state index in [4.69, 9.17) is 0 Å². The zero-order valence-corrected chi connectivity index (χ0v) is 12.2. The van der Waals surface area contributed by atoms with Crippen LogP contribution in [0.1, 0.15) is 19.8 Å². The third kappa shape index (κ3) is 3.52. The van der Waals surface area contributed by atoms with Crippen LogP contribution in [0.3, 0.4) is 0 Å². The fourth-order valence-corrected chi connectivity index (χ4v) is 2.63. The van der Waals surface area contributed by atoms with Crippen molar-refractivity contribution in [3.05, 3.63) is 30.9 Å². The molecule has 3 rings (SSSR count). The van der Waals surface area contributed by atoms with Crippen LogP contribution >= 0.6 is 0 Å². The second kappa shape index (κ2) is 6.58. The summed E-state index contributed by atoms with van der Waals surface area (Å²) in [6.45, 7) is 4.37. The first-order valence-electron chi connectivity index (χ1n) is 7.39. The predicted octanol–water partition coefficient (Wildman–Crippen LogP) is 1.73. The molecule has 0 amide bonds. The van der Waals surface area contributed by atoms with Crippen molar-refractivity contribution < 1.29 is 0 Å². The summed E-state index contributed by atoms with van der Waals surface area (Å²) in [5.74, 6) is 1.26. The Labute approximate surface area is 124 Å². The van der Waals surface area contributed by atoms with E-state index in [1.807, 2.05) is 6.07 Å². The number of nitrogens with zero attached hydrogens (tertiary/aromatic N) is 4. The van der Waals surface area contributed by atoms with Crippen LogP contribution in [0.5, 0.6) is 0 Å². The highest BCUT2D eigenvalue weighted by Gasteiger charge is 2.20. The Morgan fingerprint density at radius 3 is 2.95 bits per heavy atom.